The molecule has 2 aromatic rings. The average Bonchev–Trinajstić information content (AvgIpc) is 2.76. The van der Waals surface area contributed by atoms with Crippen molar-refractivity contribution >= 4 is 5.78 Å². The average molecular weight is 260 g/mol. The highest BCUT2D eigenvalue weighted by molar-refractivity contribution is 5.97. The number of nitrogens with zero attached hydrogens (tertiary/aromatic N) is 2. The fourth-order valence-electron chi connectivity index (χ4n) is 1.92. The van der Waals surface area contributed by atoms with Gasteiger partial charge >= 0.3 is 0 Å². The van der Waals surface area contributed by atoms with E-state index in [0.717, 1.165) is 5.56 Å². The molecule has 0 aliphatic heterocycles. The van der Waals surface area contributed by atoms with Gasteiger partial charge in [-0.25, -0.2) is 4.39 Å². The van der Waals surface area contributed by atoms with Crippen LogP contribution in [0.3, 0.4) is 0 Å². The van der Waals surface area contributed by atoms with Crippen LogP contribution in [0.5, 0.6) is 0 Å². The number of aryl methyl sites for hydroxylation is 1. The summed E-state index contributed by atoms with van der Waals surface area (Å²) in [5, 5.41) is 4.32. The van der Waals surface area contributed by atoms with E-state index < -0.39 is 0 Å². The lowest BCUT2D eigenvalue weighted by molar-refractivity contribution is 0.0991. The van der Waals surface area contributed by atoms with E-state index in [1.54, 1.807) is 17.7 Å². The lowest BCUT2D eigenvalue weighted by Gasteiger charge is -2.04. The van der Waals surface area contributed by atoms with Crippen LogP contribution in [-0.4, -0.2) is 15.6 Å². The Kier molecular flexibility index (Phi) is 3.79. The molecular formula is C15H17FN2O. The summed E-state index contributed by atoms with van der Waals surface area (Å²) in [4.78, 5) is 12.1. The zero-order valence-corrected chi connectivity index (χ0v) is 11.4. The van der Waals surface area contributed by atoms with Crippen LogP contribution in [0.2, 0.25) is 0 Å². The molecule has 0 atom stereocenters. The SMILES string of the molecule is Cc1cc(F)cc(C(=O)Cc2ccn(C(C)C)n2)c1. The number of carbonyl (C=O) groups is 1. The van der Waals surface area contributed by atoms with E-state index in [1.807, 2.05) is 26.1 Å². The number of hydrogen-bond donors (Lipinski definition) is 0. The largest absolute Gasteiger partial charge is 0.294 e. The highest BCUT2D eigenvalue weighted by Crippen LogP contribution is 2.12. The summed E-state index contributed by atoms with van der Waals surface area (Å²) < 4.78 is 15.1. The third kappa shape index (κ3) is 3.28. The predicted molar refractivity (Wildman–Crippen MR) is 71.8 cm³/mol. The van der Waals surface area contributed by atoms with Crippen molar-refractivity contribution in [3.8, 4) is 0 Å². The van der Waals surface area contributed by atoms with E-state index in [1.165, 1.54) is 12.1 Å². The molecule has 0 spiro atoms. The molecule has 0 fully saturated rings. The van der Waals surface area contributed by atoms with Crippen LogP contribution in [-0.2, 0) is 6.42 Å². The number of rotatable bonds is 4. The normalized spacial score (nSPS) is 11.0. The van der Waals surface area contributed by atoms with E-state index in [-0.39, 0.29) is 24.1 Å². The molecule has 0 unspecified atom stereocenters. The van der Waals surface area contributed by atoms with Crippen LogP contribution < -0.4 is 0 Å². The molecule has 2 rings (SSSR count). The number of hydrogen-bond acceptors (Lipinski definition) is 2. The predicted octanol–water partition coefficient (Wildman–Crippen LogP) is 3.34. The Labute approximate surface area is 112 Å². The minimum absolute atomic E-state index is 0.114. The van der Waals surface area contributed by atoms with Crippen LogP contribution >= 0.6 is 0 Å². The zero-order chi connectivity index (χ0) is 14.0. The van der Waals surface area contributed by atoms with Crippen molar-refractivity contribution < 1.29 is 9.18 Å². The molecule has 3 nitrogen and oxygen atoms in total. The molecule has 0 aliphatic carbocycles. The molecule has 0 N–H and O–H groups in total. The Morgan fingerprint density at radius 3 is 2.68 bits per heavy atom. The minimum Gasteiger partial charge on any atom is -0.294 e. The van der Waals surface area contributed by atoms with Crippen molar-refractivity contribution in [3.63, 3.8) is 0 Å². The molecule has 0 saturated heterocycles. The third-order valence-electron chi connectivity index (χ3n) is 2.90. The van der Waals surface area contributed by atoms with E-state index in [2.05, 4.69) is 5.10 Å². The first-order valence-corrected chi connectivity index (χ1v) is 6.30. The summed E-state index contributed by atoms with van der Waals surface area (Å²) in [6.45, 7) is 5.82. The summed E-state index contributed by atoms with van der Waals surface area (Å²) in [6.07, 6.45) is 2.05. The van der Waals surface area contributed by atoms with Crippen LogP contribution in [0.15, 0.2) is 30.5 Å². The second-order valence-corrected chi connectivity index (χ2v) is 5.00. The summed E-state index contributed by atoms with van der Waals surface area (Å²) in [5.41, 5.74) is 1.85. The Morgan fingerprint density at radius 1 is 1.37 bits per heavy atom. The van der Waals surface area contributed by atoms with Crippen molar-refractivity contribution in [1.29, 1.82) is 0 Å². The molecule has 1 heterocycles. The van der Waals surface area contributed by atoms with Gasteiger partial charge in [0.05, 0.1) is 12.1 Å². The zero-order valence-electron chi connectivity index (χ0n) is 11.4. The maximum Gasteiger partial charge on any atom is 0.168 e. The Balaban J connectivity index is 2.15. The van der Waals surface area contributed by atoms with Gasteiger partial charge in [0.25, 0.3) is 0 Å². The standard InChI is InChI=1S/C15H17FN2O/c1-10(2)18-5-4-14(17-18)9-15(19)12-6-11(3)7-13(16)8-12/h4-8,10H,9H2,1-3H3. The van der Waals surface area contributed by atoms with E-state index >= 15 is 0 Å². The Morgan fingerprint density at radius 2 is 2.11 bits per heavy atom. The summed E-state index contributed by atoms with van der Waals surface area (Å²) >= 11 is 0. The molecule has 0 radical (unpaired) electrons. The quantitative estimate of drug-likeness (QED) is 0.790. The van der Waals surface area contributed by atoms with Crippen LogP contribution in [0.1, 0.15) is 41.5 Å². The topological polar surface area (TPSA) is 34.9 Å². The number of halogens is 1. The second-order valence-electron chi connectivity index (χ2n) is 5.00. The monoisotopic (exact) mass is 260 g/mol. The van der Waals surface area contributed by atoms with Gasteiger partial charge in [-0.1, -0.05) is 0 Å². The van der Waals surface area contributed by atoms with Gasteiger partial charge < -0.3 is 0 Å². The van der Waals surface area contributed by atoms with Crippen molar-refractivity contribution in [2.24, 2.45) is 0 Å². The second kappa shape index (κ2) is 5.34. The fraction of sp³-hybridized carbons (Fsp3) is 0.333. The van der Waals surface area contributed by atoms with Crippen LogP contribution in [0.4, 0.5) is 4.39 Å². The maximum atomic E-state index is 13.3. The summed E-state index contributed by atoms with van der Waals surface area (Å²) in [7, 11) is 0. The molecular weight excluding hydrogens is 243 g/mol. The number of Topliss-reactive ketones (excluding diaryl/α,β-unsaturated/α-hetero) is 1. The third-order valence-corrected chi connectivity index (χ3v) is 2.90. The minimum atomic E-state index is -0.379. The van der Waals surface area contributed by atoms with Gasteiger partial charge in [-0.15, -0.1) is 0 Å². The molecule has 0 bridgehead atoms. The van der Waals surface area contributed by atoms with Crippen LogP contribution in [0.25, 0.3) is 0 Å². The van der Waals surface area contributed by atoms with Crippen LogP contribution in [0, 0.1) is 12.7 Å². The van der Waals surface area contributed by atoms with Gasteiger partial charge in [0, 0.05) is 17.8 Å². The highest BCUT2D eigenvalue weighted by Gasteiger charge is 2.11. The van der Waals surface area contributed by atoms with E-state index in [9.17, 15) is 9.18 Å². The van der Waals surface area contributed by atoms with Crippen molar-refractivity contribution in [2.45, 2.75) is 33.2 Å². The molecule has 19 heavy (non-hydrogen) atoms. The van der Waals surface area contributed by atoms with Gasteiger partial charge in [0.15, 0.2) is 5.78 Å². The highest BCUT2D eigenvalue weighted by atomic mass is 19.1. The van der Waals surface area contributed by atoms with Gasteiger partial charge in [0.2, 0.25) is 0 Å². The maximum absolute atomic E-state index is 13.3. The van der Waals surface area contributed by atoms with Gasteiger partial charge in [-0.2, -0.15) is 5.10 Å². The van der Waals surface area contributed by atoms with E-state index in [0.29, 0.717) is 11.3 Å². The molecule has 0 amide bonds. The number of aromatic nitrogens is 2. The van der Waals surface area contributed by atoms with Crippen molar-refractivity contribution in [3.05, 3.63) is 53.1 Å². The first-order valence-electron chi connectivity index (χ1n) is 6.30. The lowest BCUT2D eigenvalue weighted by atomic mass is 10.0. The molecule has 0 aliphatic rings. The molecule has 4 heteroatoms. The number of benzene rings is 1. The van der Waals surface area contributed by atoms with Crippen molar-refractivity contribution in [1.82, 2.24) is 9.78 Å². The number of ketones is 1. The molecule has 100 valence electrons. The first kappa shape index (κ1) is 13.5. The Bertz CT molecular complexity index is 582. The first-order chi connectivity index (χ1) is 8.95. The summed E-state index contributed by atoms with van der Waals surface area (Å²) in [5.74, 6) is -0.493. The Hall–Kier alpha value is -1.97. The smallest absolute Gasteiger partial charge is 0.168 e. The molecule has 0 saturated carbocycles. The molecule has 1 aromatic heterocycles. The molecule has 1 aromatic carbocycles. The van der Waals surface area contributed by atoms with Gasteiger partial charge in [-0.05, 0) is 50.6 Å². The fourth-order valence-corrected chi connectivity index (χ4v) is 1.92. The van der Waals surface area contributed by atoms with Gasteiger partial charge in [0.1, 0.15) is 5.82 Å². The van der Waals surface area contributed by atoms with Gasteiger partial charge in [-0.3, -0.25) is 9.48 Å². The lowest BCUT2D eigenvalue weighted by Crippen LogP contribution is -2.07. The van der Waals surface area contributed by atoms with E-state index in [4.69, 9.17) is 0 Å². The summed E-state index contributed by atoms with van der Waals surface area (Å²) in [6, 6.07) is 6.47. The number of carbonyl (C=O) groups excluding carboxylic acids is 1. The van der Waals surface area contributed by atoms with Crippen molar-refractivity contribution in [2.75, 3.05) is 0 Å².